The molecule has 7 heteroatoms. The number of ether oxygens (including phenoxy) is 1. The number of fused-ring (bicyclic) bond motifs is 1. The third-order valence-electron chi connectivity index (χ3n) is 7.71. The minimum absolute atomic E-state index is 0.00224. The maximum absolute atomic E-state index is 13.7. The standard InChI is InChI=1S/C30H41N3O4/c1-21-17-33(22(2)20-34)30(36)25-15-10-16-26(31-29(35)24-13-8-5-9-14-24)28(25)37-27(21)19-32(3)18-23-11-6-4-7-12-23/h4,6-7,10-12,15-16,21-22,24,27,34H,5,8-9,13-14,17-20H2,1-3H3,(H,31,35)/t21-,22+,27+/m1/s1. The Hall–Kier alpha value is -2.90. The number of aliphatic hydroxyl groups is 1. The number of nitrogens with zero attached hydrogens (tertiary/aromatic N) is 2. The van der Waals surface area contributed by atoms with Crippen molar-refractivity contribution in [2.45, 2.75) is 64.6 Å². The van der Waals surface area contributed by atoms with Crippen LogP contribution in [0.15, 0.2) is 48.5 Å². The van der Waals surface area contributed by atoms with Gasteiger partial charge < -0.3 is 20.1 Å². The van der Waals surface area contributed by atoms with Gasteiger partial charge in [-0.2, -0.15) is 0 Å². The molecule has 4 rings (SSSR count). The summed E-state index contributed by atoms with van der Waals surface area (Å²) in [6.07, 6.45) is 4.89. The Labute approximate surface area is 220 Å². The van der Waals surface area contributed by atoms with Crippen LogP contribution in [0.1, 0.15) is 61.9 Å². The normalized spacial score (nSPS) is 21.5. The number of para-hydroxylation sites is 1. The van der Waals surface area contributed by atoms with Gasteiger partial charge in [-0.25, -0.2) is 0 Å². The van der Waals surface area contributed by atoms with Crippen molar-refractivity contribution in [1.82, 2.24) is 9.80 Å². The molecule has 1 aliphatic carbocycles. The minimum atomic E-state index is -0.330. The number of carbonyl (C=O) groups is 2. The molecule has 3 atom stereocenters. The van der Waals surface area contributed by atoms with E-state index in [0.717, 1.165) is 32.2 Å². The van der Waals surface area contributed by atoms with Crippen molar-refractivity contribution in [1.29, 1.82) is 0 Å². The zero-order valence-electron chi connectivity index (χ0n) is 22.4. The van der Waals surface area contributed by atoms with E-state index in [9.17, 15) is 14.7 Å². The molecular weight excluding hydrogens is 466 g/mol. The van der Waals surface area contributed by atoms with E-state index in [2.05, 4.69) is 36.3 Å². The monoisotopic (exact) mass is 507 g/mol. The van der Waals surface area contributed by atoms with E-state index in [1.54, 1.807) is 17.0 Å². The van der Waals surface area contributed by atoms with E-state index >= 15 is 0 Å². The van der Waals surface area contributed by atoms with Gasteiger partial charge in [0.05, 0.1) is 23.9 Å². The first-order valence-corrected chi connectivity index (χ1v) is 13.6. The average molecular weight is 508 g/mol. The fourth-order valence-electron chi connectivity index (χ4n) is 5.43. The molecule has 0 spiro atoms. The molecular formula is C30H41N3O4. The number of nitrogens with one attached hydrogen (secondary N) is 1. The van der Waals surface area contributed by atoms with E-state index in [-0.39, 0.29) is 42.4 Å². The summed E-state index contributed by atoms with van der Waals surface area (Å²) in [4.78, 5) is 30.8. The Morgan fingerprint density at radius 2 is 1.86 bits per heavy atom. The number of hydrogen-bond donors (Lipinski definition) is 2. The zero-order chi connectivity index (χ0) is 26.4. The lowest BCUT2D eigenvalue weighted by molar-refractivity contribution is -0.120. The molecule has 200 valence electrons. The van der Waals surface area contributed by atoms with E-state index in [4.69, 9.17) is 4.74 Å². The van der Waals surface area contributed by atoms with Crippen LogP contribution in [0.25, 0.3) is 0 Å². The lowest BCUT2D eigenvalue weighted by atomic mass is 9.88. The van der Waals surface area contributed by atoms with Crippen LogP contribution < -0.4 is 10.1 Å². The Morgan fingerprint density at radius 1 is 1.14 bits per heavy atom. The first-order chi connectivity index (χ1) is 17.9. The van der Waals surface area contributed by atoms with E-state index in [0.29, 0.717) is 30.1 Å². The summed E-state index contributed by atoms with van der Waals surface area (Å²) in [5.41, 5.74) is 2.18. The first kappa shape index (κ1) is 27.1. The molecule has 37 heavy (non-hydrogen) atoms. The third kappa shape index (κ3) is 6.70. The third-order valence-corrected chi connectivity index (χ3v) is 7.71. The van der Waals surface area contributed by atoms with E-state index in [1.807, 2.05) is 31.2 Å². The molecule has 1 saturated carbocycles. The van der Waals surface area contributed by atoms with Gasteiger partial charge in [-0.1, -0.05) is 62.6 Å². The van der Waals surface area contributed by atoms with Crippen LogP contribution in [0, 0.1) is 11.8 Å². The summed E-state index contributed by atoms with van der Waals surface area (Å²) in [5.74, 6) is 0.236. The predicted octanol–water partition coefficient (Wildman–Crippen LogP) is 4.56. The minimum Gasteiger partial charge on any atom is -0.486 e. The topological polar surface area (TPSA) is 82.1 Å². The summed E-state index contributed by atoms with van der Waals surface area (Å²) in [6, 6.07) is 15.3. The van der Waals surface area contributed by atoms with Gasteiger partial charge in [-0.3, -0.25) is 14.5 Å². The smallest absolute Gasteiger partial charge is 0.258 e. The highest BCUT2D eigenvalue weighted by Gasteiger charge is 2.35. The SMILES string of the molecule is C[C@@H]1CN([C@@H](C)CO)C(=O)c2cccc(NC(=O)C3CCCCC3)c2O[C@H]1CN(C)Cc1ccccc1. The van der Waals surface area contributed by atoms with Crippen molar-refractivity contribution in [3.05, 3.63) is 59.7 Å². The first-order valence-electron chi connectivity index (χ1n) is 13.6. The summed E-state index contributed by atoms with van der Waals surface area (Å²) in [7, 11) is 2.07. The van der Waals surface area contributed by atoms with Gasteiger partial charge in [0, 0.05) is 31.5 Å². The van der Waals surface area contributed by atoms with Crippen LogP contribution in [0.4, 0.5) is 5.69 Å². The van der Waals surface area contributed by atoms with Crippen molar-refractivity contribution >= 4 is 17.5 Å². The molecule has 2 amide bonds. The van der Waals surface area contributed by atoms with Gasteiger partial charge in [-0.05, 0) is 44.5 Å². The molecule has 0 aromatic heterocycles. The summed E-state index contributed by atoms with van der Waals surface area (Å²) >= 11 is 0. The molecule has 0 saturated heterocycles. The van der Waals surface area contributed by atoms with Crippen molar-refractivity contribution in [2.75, 3.05) is 32.1 Å². The maximum Gasteiger partial charge on any atom is 0.258 e. The molecule has 0 unspecified atom stereocenters. The van der Waals surface area contributed by atoms with Gasteiger partial charge in [-0.15, -0.1) is 0 Å². The number of carbonyl (C=O) groups excluding carboxylic acids is 2. The lowest BCUT2D eigenvalue weighted by Gasteiger charge is -2.38. The number of likely N-dealkylation sites (N-methyl/N-ethyl adjacent to an activating group) is 1. The van der Waals surface area contributed by atoms with Gasteiger partial charge in [0.15, 0.2) is 5.75 Å². The Kier molecular flexibility index (Phi) is 9.22. The second-order valence-electron chi connectivity index (χ2n) is 10.8. The summed E-state index contributed by atoms with van der Waals surface area (Å²) < 4.78 is 6.64. The lowest BCUT2D eigenvalue weighted by Crippen LogP contribution is -2.49. The van der Waals surface area contributed by atoms with Crippen molar-refractivity contribution in [3.8, 4) is 5.75 Å². The molecule has 2 N–H and O–H groups in total. The van der Waals surface area contributed by atoms with Crippen molar-refractivity contribution in [3.63, 3.8) is 0 Å². The quantitative estimate of drug-likeness (QED) is 0.548. The van der Waals surface area contributed by atoms with Gasteiger partial charge >= 0.3 is 0 Å². The molecule has 2 aromatic carbocycles. The Morgan fingerprint density at radius 3 is 2.57 bits per heavy atom. The van der Waals surface area contributed by atoms with Gasteiger partial charge in [0.2, 0.25) is 5.91 Å². The van der Waals surface area contributed by atoms with E-state index in [1.165, 1.54) is 12.0 Å². The van der Waals surface area contributed by atoms with Crippen LogP contribution in [-0.2, 0) is 11.3 Å². The number of benzene rings is 2. The zero-order valence-corrected chi connectivity index (χ0v) is 22.4. The molecule has 7 nitrogen and oxygen atoms in total. The highest BCUT2D eigenvalue weighted by atomic mass is 16.5. The number of rotatable bonds is 8. The molecule has 2 aliphatic rings. The second-order valence-corrected chi connectivity index (χ2v) is 10.8. The van der Waals surface area contributed by atoms with E-state index < -0.39 is 0 Å². The number of aliphatic hydroxyl groups excluding tert-OH is 1. The second kappa shape index (κ2) is 12.6. The summed E-state index contributed by atoms with van der Waals surface area (Å²) in [6.45, 7) is 5.72. The number of anilines is 1. The summed E-state index contributed by atoms with van der Waals surface area (Å²) in [5, 5.41) is 13.0. The van der Waals surface area contributed by atoms with Crippen molar-refractivity contribution < 1.29 is 19.4 Å². The highest BCUT2D eigenvalue weighted by molar-refractivity contribution is 6.02. The number of amides is 2. The van der Waals surface area contributed by atoms with Gasteiger partial charge in [0.1, 0.15) is 6.10 Å². The molecule has 0 radical (unpaired) electrons. The molecule has 2 aromatic rings. The molecule has 1 fully saturated rings. The van der Waals surface area contributed by atoms with Crippen LogP contribution in [-0.4, -0.2) is 65.6 Å². The van der Waals surface area contributed by atoms with Gasteiger partial charge in [0.25, 0.3) is 5.91 Å². The molecule has 1 aliphatic heterocycles. The largest absolute Gasteiger partial charge is 0.486 e. The number of hydrogen-bond acceptors (Lipinski definition) is 5. The van der Waals surface area contributed by atoms with Crippen LogP contribution >= 0.6 is 0 Å². The fourth-order valence-corrected chi connectivity index (χ4v) is 5.43. The average Bonchev–Trinajstić information content (AvgIpc) is 2.91. The highest BCUT2D eigenvalue weighted by Crippen LogP contribution is 2.36. The maximum atomic E-state index is 13.7. The Bertz CT molecular complexity index is 1050. The predicted molar refractivity (Wildman–Crippen MR) is 146 cm³/mol. The van der Waals surface area contributed by atoms with Crippen LogP contribution in [0.5, 0.6) is 5.75 Å². The Balaban J connectivity index is 1.63. The molecule has 0 bridgehead atoms. The van der Waals surface area contributed by atoms with Crippen molar-refractivity contribution in [2.24, 2.45) is 11.8 Å². The molecule has 1 heterocycles. The van der Waals surface area contributed by atoms with Crippen LogP contribution in [0.3, 0.4) is 0 Å². The fraction of sp³-hybridized carbons (Fsp3) is 0.533. The van der Waals surface area contributed by atoms with Crippen LogP contribution in [0.2, 0.25) is 0 Å².